The zero-order valence-corrected chi connectivity index (χ0v) is 19.1. The third kappa shape index (κ3) is 6.15. The standard InChI is InChI=1S/C25H29F3N2O4/c1-3-17(4-2)24(33)29-20-11-7-18(8-12-20)23(32)21-14-34-15-22(31)30(21)13-16-5-9-19(10-6-16)25(26,27)28/h5-12,17,21,23,32H,3-4,13-15H2,1-2H3,(H,29,33)/t21-,23-/m1/s1. The first kappa shape index (κ1) is 25.7. The number of ether oxygens (including phenoxy) is 1. The molecule has 0 aromatic heterocycles. The number of halogens is 3. The van der Waals surface area contributed by atoms with Crippen LogP contribution in [0.1, 0.15) is 49.5 Å². The fourth-order valence-corrected chi connectivity index (χ4v) is 3.98. The quantitative estimate of drug-likeness (QED) is 0.584. The van der Waals surface area contributed by atoms with E-state index in [9.17, 15) is 27.9 Å². The molecule has 184 valence electrons. The van der Waals surface area contributed by atoms with Gasteiger partial charge in [0.05, 0.1) is 18.2 Å². The highest BCUT2D eigenvalue weighted by Crippen LogP contribution is 2.30. The first-order valence-corrected chi connectivity index (χ1v) is 11.3. The fourth-order valence-electron chi connectivity index (χ4n) is 3.98. The van der Waals surface area contributed by atoms with E-state index in [1.807, 2.05) is 13.8 Å². The van der Waals surface area contributed by atoms with Crippen LogP contribution in [0, 0.1) is 5.92 Å². The van der Waals surface area contributed by atoms with Crippen molar-refractivity contribution in [3.05, 3.63) is 65.2 Å². The number of nitrogens with zero attached hydrogens (tertiary/aromatic N) is 1. The van der Waals surface area contributed by atoms with Gasteiger partial charge >= 0.3 is 6.18 Å². The van der Waals surface area contributed by atoms with E-state index < -0.39 is 23.9 Å². The smallest absolute Gasteiger partial charge is 0.386 e. The fraction of sp³-hybridized carbons (Fsp3) is 0.440. The number of benzene rings is 2. The zero-order valence-electron chi connectivity index (χ0n) is 19.1. The average molecular weight is 479 g/mol. The molecule has 1 saturated heterocycles. The Morgan fingerprint density at radius 2 is 1.74 bits per heavy atom. The number of aliphatic hydroxyl groups is 1. The summed E-state index contributed by atoms with van der Waals surface area (Å²) in [6, 6.07) is 10.6. The SMILES string of the molecule is CCC(CC)C(=O)Nc1ccc([C@@H](O)[C@H]2COCC(=O)N2Cc2ccc(C(F)(F)F)cc2)cc1. The number of hydrogen-bond acceptors (Lipinski definition) is 4. The molecule has 2 aromatic rings. The van der Waals surface area contributed by atoms with Gasteiger partial charge in [-0.1, -0.05) is 38.1 Å². The molecule has 0 unspecified atom stereocenters. The van der Waals surface area contributed by atoms with Crippen LogP contribution in [0.3, 0.4) is 0 Å². The second kappa shape index (κ2) is 11.0. The molecule has 2 amide bonds. The summed E-state index contributed by atoms with van der Waals surface area (Å²) in [6.45, 7) is 3.88. The minimum atomic E-state index is -4.44. The monoisotopic (exact) mass is 478 g/mol. The summed E-state index contributed by atoms with van der Waals surface area (Å²) in [6.07, 6.45) is -4.04. The first-order valence-electron chi connectivity index (χ1n) is 11.3. The Hall–Kier alpha value is -2.91. The number of alkyl halides is 3. The van der Waals surface area contributed by atoms with Crippen molar-refractivity contribution in [2.45, 2.75) is 51.6 Å². The van der Waals surface area contributed by atoms with Crippen LogP contribution in [0.4, 0.5) is 18.9 Å². The molecule has 1 aliphatic rings. The molecule has 2 atom stereocenters. The minimum absolute atomic E-state index is 0.0472. The van der Waals surface area contributed by atoms with Crippen molar-refractivity contribution in [2.75, 3.05) is 18.5 Å². The predicted octanol–water partition coefficient (Wildman–Crippen LogP) is 4.54. The molecule has 3 rings (SSSR count). The Morgan fingerprint density at radius 1 is 1.12 bits per heavy atom. The lowest BCUT2D eigenvalue weighted by Gasteiger charge is -2.38. The Kier molecular flexibility index (Phi) is 8.33. The zero-order chi connectivity index (χ0) is 24.9. The summed E-state index contributed by atoms with van der Waals surface area (Å²) < 4.78 is 43.8. The Morgan fingerprint density at radius 3 is 2.29 bits per heavy atom. The van der Waals surface area contributed by atoms with Gasteiger partial charge in [0.2, 0.25) is 11.8 Å². The number of amides is 2. The van der Waals surface area contributed by atoms with Crippen LogP contribution >= 0.6 is 0 Å². The third-order valence-corrected chi connectivity index (χ3v) is 6.11. The van der Waals surface area contributed by atoms with E-state index in [2.05, 4.69) is 5.32 Å². The molecule has 0 saturated carbocycles. The van der Waals surface area contributed by atoms with E-state index in [1.165, 1.54) is 17.0 Å². The number of carbonyl (C=O) groups is 2. The van der Waals surface area contributed by atoms with Gasteiger partial charge in [-0.15, -0.1) is 0 Å². The maximum absolute atomic E-state index is 12.8. The van der Waals surface area contributed by atoms with Gasteiger partial charge in [-0.3, -0.25) is 9.59 Å². The van der Waals surface area contributed by atoms with Gasteiger partial charge < -0.3 is 20.1 Å². The van der Waals surface area contributed by atoms with Gasteiger partial charge in [0.15, 0.2) is 0 Å². The van der Waals surface area contributed by atoms with Crippen molar-refractivity contribution in [3.8, 4) is 0 Å². The molecule has 2 N–H and O–H groups in total. The molecule has 2 aromatic carbocycles. The summed E-state index contributed by atoms with van der Waals surface area (Å²) in [5.41, 5.74) is 0.879. The van der Waals surface area contributed by atoms with Crippen LogP contribution in [-0.4, -0.2) is 41.1 Å². The lowest BCUT2D eigenvalue weighted by atomic mass is 9.99. The van der Waals surface area contributed by atoms with Crippen molar-refractivity contribution in [1.29, 1.82) is 0 Å². The van der Waals surface area contributed by atoms with Crippen molar-refractivity contribution in [1.82, 2.24) is 4.90 Å². The lowest BCUT2D eigenvalue weighted by molar-refractivity contribution is -0.155. The van der Waals surface area contributed by atoms with E-state index in [0.717, 1.165) is 25.0 Å². The second-order valence-electron chi connectivity index (χ2n) is 8.37. The summed E-state index contributed by atoms with van der Waals surface area (Å²) in [5.74, 6) is -0.494. The van der Waals surface area contributed by atoms with Crippen LogP contribution in [-0.2, 0) is 27.0 Å². The molecule has 6 nitrogen and oxygen atoms in total. The summed E-state index contributed by atoms with van der Waals surface area (Å²) in [5, 5.41) is 13.9. The highest BCUT2D eigenvalue weighted by molar-refractivity contribution is 5.92. The Balaban J connectivity index is 1.72. The topological polar surface area (TPSA) is 78.9 Å². The molecule has 9 heteroatoms. The van der Waals surface area contributed by atoms with E-state index in [1.54, 1.807) is 24.3 Å². The molecule has 0 spiro atoms. The van der Waals surface area contributed by atoms with Crippen molar-refractivity contribution < 1.29 is 32.6 Å². The lowest BCUT2D eigenvalue weighted by Crippen LogP contribution is -2.51. The molecule has 34 heavy (non-hydrogen) atoms. The van der Waals surface area contributed by atoms with Gasteiger partial charge in [-0.05, 0) is 48.2 Å². The molecular formula is C25H29F3N2O4. The van der Waals surface area contributed by atoms with Gasteiger partial charge in [0.1, 0.15) is 12.7 Å². The van der Waals surface area contributed by atoms with Crippen molar-refractivity contribution in [2.24, 2.45) is 5.92 Å². The van der Waals surface area contributed by atoms with Gasteiger partial charge in [0.25, 0.3) is 0 Å². The number of carbonyl (C=O) groups excluding carboxylic acids is 2. The van der Waals surface area contributed by atoms with Crippen LogP contribution < -0.4 is 5.32 Å². The van der Waals surface area contributed by atoms with Gasteiger partial charge in [-0.2, -0.15) is 13.2 Å². The molecule has 0 aliphatic carbocycles. The Labute approximate surface area is 196 Å². The minimum Gasteiger partial charge on any atom is -0.386 e. The van der Waals surface area contributed by atoms with Crippen LogP contribution in [0.15, 0.2) is 48.5 Å². The van der Waals surface area contributed by atoms with E-state index >= 15 is 0 Å². The van der Waals surface area contributed by atoms with Crippen LogP contribution in [0.25, 0.3) is 0 Å². The molecule has 0 radical (unpaired) electrons. The molecule has 1 aliphatic heterocycles. The number of rotatable bonds is 8. The summed E-state index contributed by atoms with van der Waals surface area (Å²) in [7, 11) is 0. The second-order valence-corrected chi connectivity index (χ2v) is 8.37. The maximum Gasteiger partial charge on any atom is 0.416 e. The van der Waals surface area contributed by atoms with Gasteiger partial charge in [-0.25, -0.2) is 0 Å². The average Bonchev–Trinajstić information content (AvgIpc) is 2.81. The van der Waals surface area contributed by atoms with Crippen molar-refractivity contribution in [3.63, 3.8) is 0 Å². The molecule has 1 heterocycles. The Bertz CT molecular complexity index is 973. The highest BCUT2D eigenvalue weighted by atomic mass is 19.4. The maximum atomic E-state index is 12.8. The number of hydrogen-bond donors (Lipinski definition) is 2. The summed E-state index contributed by atoms with van der Waals surface area (Å²) in [4.78, 5) is 26.2. The van der Waals surface area contributed by atoms with Gasteiger partial charge in [0, 0.05) is 18.2 Å². The number of morpholine rings is 1. The number of anilines is 1. The molecule has 1 fully saturated rings. The van der Waals surface area contributed by atoms with Crippen LogP contribution in [0.5, 0.6) is 0 Å². The largest absolute Gasteiger partial charge is 0.416 e. The third-order valence-electron chi connectivity index (χ3n) is 6.11. The van der Waals surface area contributed by atoms with Crippen LogP contribution in [0.2, 0.25) is 0 Å². The van der Waals surface area contributed by atoms with E-state index in [4.69, 9.17) is 4.74 Å². The molecular weight excluding hydrogens is 449 g/mol. The van der Waals surface area contributed by atoms with E-state index in [-0.39, 0.29) is 37.5 Å². The predicted molar refractivity (Wildman–Crippen MR) is 121 cm³/mol. The highest BCUT2D eigenvalue weighted by Gasteiger charge is 2.35. The molecule has 0 bridgehead atoms. The number of nitrogens with one attached hydrogen (secondary N) is 1. The van der Waals surface area contributed by atoms with E-state index in [0.29, 0.717) is 16.8 Å². The number of aliphatic hydroxyl groups excluding tert-OH is 1. The normalized spacial score (nSPS) is 17.7. The van der Waals surface area contributed by atoms with Crippen molar-refractivity contribution >= 4 is 17.5 Å². The summed E-state index contributed by atoms with van der Waals surface area (Å²) >= 11 is 0. The first-order chi connectivity index (χ1) is 16.1.